The van der Waals surface area contributed by atoms with Crippen molar-refractivity contribution < 1.29 is 0 Å². The van der Waals surface area contributed by atoms with E-state index < -0.39 is 0 Å². The Kier molecular flexibility index (Phi) is 14.8. The monoisotopic (exact) mass is 1510 g/mol. The highest BCUT2D eigenvalue weighted by atomic mass is 32.2. The van der Waals surface area contributed by atoms with Crippen molar-refractivity contribution in [3.8, 4) is 44.5 Å². The van der Waals surface area contributed by atoms with E-state index in [0.29, 0.717) is 0 Å². The van der Waals surface area contributed by atoms with Crippen LogP contribution in [-0.4, -0.2) is 34.2 Å². The minimum Gasteiger partial charge on any atom is -0.341 e. The average Bonchev–Trinajstić information content (AvgIpc) is 0.659. The molecule has 8 aliphatic rings. The first-order valence-electron chi connectivity index (χ1n) is 40.7. The highest BCUT2D eigenvalue weighted by Gasteiger charge is 2.56. The molecule has 0 saturated heterocycles. The van der Waals surface area contributed by atoms with Gasteiger partial charge in [0.25, 0.3) is 6.71 Å². The van der Waals surface area contributed by atoms with Gasteiger partial charge in [-0.05, 0) is 190 Å². The Bertz CT molecular complexity index is 6190. The van der Waals surface area contributed by atoms with Gasteiger partial charge in [-0.1, -0.05) is 303 Å². The van der Waals surface area contributed by atoms with Gasteiger partial charge >= 0.3 is 0 Å². The van der Waals surface area contributed by atoms with Crippen LogP contribution in [0.2, 0.25) is 0 Å². The number of rotatable bonds is 6. The molecule has 8 heterocycles. The van der Waals surface area contributed by atoms with Gasteiger partial charge < -0.3 is 29.4 Å². The molecule has 0 amide bonds. The van der Waals surface area contributed by atoms with Crippen LogP contribution in [0.15, 0.2) is 323 Å². The summed E-state index contributed by atoms with van der Waals surface area (Å²) >= 11 is 4.02. The van der Waals surface area contributed by atoms with Crippen molar-refractivity contribution in [1.29, 1.82) is 0 Å². The first-order chi connectivity index (χ1) is 55.9. The lowest BCUT2D eigenvalue weighted by Gasteiger charge is -2.51. The topological polar surface area (TPSA) is 19.4 Å². The molecule has 15 aromatic carbocycles. The van der Waals surface area contributed by atoms with E-state index >= 15 is 0 Å². The van der Waals surface area contributed by atoms with E-state index in [-0.39, 0.29) is 36.4 Å². The van der Waals surface area contributed by atoms with Gasteiger partial charge in [-0.25, -0.2) is 0 Å². The average molecular weight is 1510 g/mol. The molecule has 15 aromatic rings. The van der Waals surface area contributed by atoms with Crippen molar-refractivity contribution >= 4 is 184 Å². The maximum atomic E-state index is 2.85. The van der Waals surface area contributed by atoms with Crippen molar-refractivity contribution in [2.45, 2.75) is 98.1 Å². The van der Waals surface area contributed by atoms with Gasteiger partial charge in [0.05, 0.1) is 56.9 Å². The van der Waals surface area contributed by atoms with Gasteiger partial charge in [0.15, 0.2) is 0 Å². The first kappa shape index (κ1) is 68.6. The highest BCUT2D eigenvalue weighted by molar-refractivity contribution is 8.00. The Hall–Kier alpha value is -12.0. The molecular formula is C104H83B3N6S2. The number of nitrogens with zero attached hydrogens (tertiary/aromatic N) is 6. The van der Waals surface area contributed by atoms with Crippen molar-refractivity contribution in [2.75, 3.05) is 43.5 Å². The number of anilines is 16. The zero-order valence-corrected chi connectivity index (χ0v) is 68.2. The van der Waals surface area contributed by atoms with E-state index in [1.54, 1.807) is 0 Å². The minimum absolute atomic E-state index is 0.112. The summed E-state index contributed by atoms with van der Waals surface area (Å²) in [6.45, 7) is 21.1. The van der Waals surface area contributed by atoms with E-state index in [4.69, 9.17) is 0 Å². The lowest BCUT2D eigenvalue weighted by atomic mass is 9.29. The minimum atomic E-state index is -0.378. The van der Waals surface area contributed by atoms with E-state index in [1.807, 2.05) is 23.5 Å². The molecule has 23 rings (SSSR count). The third-order valence-electron chi connectivity index (χ3n) is 26.0. The fraction of sp³-hybridized carbons (Fsp3) is 0.135. The molecule has 6 nitrogen and oxygen atoms in total. The summed E-state index contributed by atoms with van der Waals surface area (Å²) in [7, 11) is 4.54. The van der Waals surface area contributed by atoms with E-state index in [9.17, 15) is 0 Å². The van der Waals surface area contributed by atoms with E-state index in [1.165, 1.54) is 187 Å². The second kappa shape index (κ2) is 24.8. The molecule has 0 radical (unpaired) electrons. The second-order valence-electron chi connectivity index (χ2n) is 35.6. The van der Waals surface area contributed by atoms with Crippen LogP contribution in [0.5, 0.6) is 0 Å². The molecule has 0 saturated carbocycles. The fourth-order valence-electron chi connectivity index (χ4n) is 20.5. The third-order valence-corrected chi connectivity index (χ3v) is 28.5. The van der Waals surface area contributed by atoms with Crippen molar-refractivity contribution in [1.82, 2.24) is 0 Å². The maximum absolute atomic E-state index is 2.85. The van der Waals surface area contributed by atoms with Crippen LogP contribution >= 0.6 is 23.5 Å². The molecule has 0 aliphatic carbocycles. The van der Waals surface area contributed by atoms with Crippen LogP contribution in [0.25, 0.3) is 44.5 Å². The predicted octanol–water partition coefficient (Wildman–Crippen LogP) is 22.0. The molecule has 0 fully saturated rings. The second-order valence-corrected chi connectivity index (χ2v) is 37.7. The molecule has 0 bridgehead atoms. The van der Waals surface area contributed by atoms with Gasteiger partial charge in [0.2, 0.25) is 13.4 Å². The number of para-hydroxylation sites is 6. The van der Waals surface area contributed by atoms with Crippen LogP contribution in [-0.2, 0) is 16.2 Å². The third kappa shape index (κ3) is 9.84. The molecule has 550 valence electrons. The Balaban J connectivity index is 0.967. The number of fused-ring (bicyclic) bond motifs is 18. The molecule has 0 spiro atoms. The predicted molar refractivity (Wildman–Crippen MR) is 494 cm³/mol. The largest absolute Gasteiger partial charge is 0.341 e. The molecule has 0 atom stereocenters. The van der Waals surface area contributed by atoms with Gasteiger partial charge in [0.1, 0.15) is 0 Å². The smallest absolute Gasteiger partial charge is 0.255 e. The Morgan fingerprint density at radius 2 is 0.496 bits per heavy atom. The molecule has 0 unspecified atom stereocenters. The molecule has 8 aliphatic heterocycles. The molecule has 0 N–H and O–H groups in total. The fourth-order valence-corrected chi connectivity index (χ4v) is 23.2. The number of hydrogen-bond donors (Lipinski definition) is 0. The summed E-state index contributed by atoms with van der Waals surface area (Å²) in [5.41, 5.74) is 43.3. The standard InChI is InChI=1S/C104H83B3N6S2/c1-102(2,3)66-54-69(62-34-16-12-17-35-62)96(70(55-66)63-36-18-13-19-37-63)112-83-58-68(104(7,8)9)59-84-91(83)107(94-87(112)60-85-92-100(94)114-89-52-30-24-42-73(89)105(92)75-44-32-50-81-98(75)110(85)79-48-28-26-46-77(79)108(81)10)95-88(113(84)97-71(64-38-20-14-21-39-64)56-67(103(4,5)6)57-72(97)65-40-22-15-23-41-65)61-86-93-101(95)115-90-53-31-25-43-74(90)106(93)76-45-33-51-82-99(76)111(86)80-49-29-27-47-78(80)109(82)11/h12-61H,1-11H3. The van der Waals surface area contributed by atoms with E-state index in [0.717, 1.165) is 33.6 Å². The Morgan fingerprint density at radius 1 is 0.226 bits per heavy atom. The van der Waals surface area contributed by atoms with E-state index in [2.05, 4.69) is 409 Å². The summed E-state index contributed by atoms with van der Waals surface area (Å²) in [5.74, 6) is 0. The molecule has 11 heteroatoms. The summed E-state index contributed by atoms with van der Waals surface area (Å²) in [6.07, 6.45) is 0. The summed E-state index contributed by atoms with van der Waals surface area (Å²) in [6, 6.07) is 118. The van der Waals surface area contributed by atoms with Crippen LogP contribution in [0.1, 0.15) is 79.0 Å². The van der Waals surface area contributed by atoms with Gasteiger partial charge in [0, 0.05) is 90.1 Å². The van der Waals surface area contributed by atoms with Crippen LogP contribution < -0.4 is 78.6 Å². The molecule has 0 aromatic heterocycles. The van der Waals surface area contributed by atoms with Gasteiger partial charge in [-0.15, -0.1) is 0 Å². The van der Waals surface area contributed by atoms with Crippen LogP contribution in [0, 0.1) is 0 Å². The zero-order valence-electron chi connectivity index (χ0n) is 66.6. The summed E-state index contributed by atoms with van der Waals surface area (Å²) in [5, 5.41) is 0. The van der Waals surface area contributed by atoms with Crippen LogP contribution in [0.3, 0.4) is 0 Å². The highest BCUT2D eigenvalue weighted by Crippen LogP contribution is 2.61. The van der Waals surface area contributed by atoms with Gasteiger partial charge in [-0.3, -0.25) is 0 Å². The Morgan fingerprint density at radius 3 is 0.843 bits per heavy atom. The summed E-state index contributed by atoms with van der Waals surface area (Å²) < 4.78 is 0. The maximum Gasteiger partial charge on any atom is 0.255 e. The van der Waals surface area contributed by atoms with Crippen LogP contribution in [0.4, 0.5) is 91.0 Å². The normalized spacial score (nSPS) is 14.5. The van der Waals surface area contributed by atoms with Crippen molar-refractivity contribution in [3.63, 3.8) is 0 Å². The lowest BCUT2D eigenvalue weighted by Crippen LogP contribution is -2.68. The molecular weight excluding hydrogens is 1430 g/mol. The first-order valence-corrected chi connectivity index (χ1v) is 42.3. The quantitative estimate of drug-likeness (QED) is 0.152. The van der Waals surface area contributed by atoms with Gasteiger partial charge in [-0.2, -0.15) is 0 Å². The zero-order chi connectivity index (χ0) is 77.6. The number of benzene rings is 15. The van der Waals surface area contributed by atoms with Crippen molar-refractivity contribution in [3.05, 3.63) is 320 Å². The SMILES string of the molecule is CN1c2ccccc2N2c3cc4c(c5c3B(c3ccccc3S5)c3cccc1c32)B1c2c(cc(C(C)(C)C)cc2N(c2c(-c3ccccc3)cc(C(C)(C)C)cc2-c2ccccc2)c2cc3c5c(c21)Sc1ccccc1B5c1cccc2c1N3c1ccccc1N2C)N4c1c(-c2ccccc2)cc(C(C)(C)C)cc1-c1ccccc1. The molecule has 115 heavy (non-hydrogen) atoms. The Labute approximate surface area is 685 Å². The summed E-state index contributed by atoms with van der Waals surface area (Å²) in [4.78, 5) is 21.2. The number of hydrogen-bond acceptors (Lipinski definition) is 8. The van der Waals surface area contributed by atoms with Crippen molar-refractivity contribution in [2.24, 2.45) is 0 Å². The lowest BCUT2D eigenvalue weighted by molar-refractivity contribution is 0.590.